The quantitative estimate of drug-likeness (QED) is 0.776. The lowest BCUT2D eigenvalue weighted by molar-refractivity contribution is 0.0749. The van der Waals surface area contributed by atoms with E-state index < -0.39 is 0 Å². The molecule has 0 unspecified atom stereocenters. The Morgan fingerprint density at radius 2 is 2.00 bits per heavy atom. The van der Waals surface area contributed by atoms with Crippen LogP contribution in [0.2, 0.25) is 5.02 Å². The second kappa shape index (κ2) is 8.38. The van der Waals surface area contributed by atoms with E-state index in [2.05, 4.69) is 0 Å². The van der Waals surface area contributed by atoms with Crippen molar-refractivity contribution in [1.29, 1.82) is 0 Å². The molecule has 2 aromatic rings. The third-order valence-electron chi connectivity index (χ3n) is 4.03. The number of fused-ring (bicyclic) bond motifs is 1. The van der Waals surface area contributed by atoms with E-state index in [4.69, 9.17) is 31.5 Å². The van der Waals surface area contributed by atoms with Crippen molar-refractivity contribution in [1.82, 2.24) is 4.90 Å². The highest BCUT2D eigenvalue weighted by molar-refractivity contribution is 6.33. The zero-order chi connectivity index (χ0) is 18.0. The minimum absolute atomic E-state index is 0. The average Bonchev–Trinajstić information content (AvgIpc) is 3.08. The number of anilines is 1. The second-order valence-corrected chi connectivity index (χ2v) is 5.99. The van der Waals surface area contributed by atoms with Crippen LogP contribution < -0.4 is 19.9 Å². The predicted molar refractivity (Wildman–Crippen MR) is 103 cm³/mol. The molecule has 1 aliphatic heterocycles. The summed E-state index contributed by atoms with van der Waals surface area (Å²) < 4.78 is 16.0. The molecule has 0 aliphatic carbocycles. The molecule has 0 saturated heterocycles. The largest absolute Gasteiger partial charge is 0.496 e. The number of amides is 1. The van der Waals surface area contributed by atoms with Crippen molar-refractivity contribution in [2.75, 3.05) is 26.2 Å². The molecule has 1 heterocycles. The number of hydrogen-bond donors (Lipinski definition) is 1. The fraction of sp³-hybridized carbons (Fsp3) is 0.278. The molecule has 1 aliphatic rings. The van der Waals surface area contributed by atoms with Gasteiger partial charge in [0, 0.05) is 19.2 Å². The maximum atomic E-state index is 12.9. The summed E-state index contributed by atoms with van der Waals surface area (Å²) in [7, 11) is 1.49. The highest BCUT2D eigenvalue weighted by Gasteiger charge is 2.21. The number of nitrogen functional groups attached to an aromatic ring is 1. The Kier molecular flexibility index (Phi) is 6.45. The molecule has 2 N–H and O–H groups in total. The minimum atomic E-state index is -0.182. The SMILES string of the molecule is CCN(Cc1ccc2c(c1)OCO2)C(=O)c1cc(Cl)c(N)cc1OC.Cl. The van der Waals surface area contributed by atoms with E-state index in [1.54, 1.807) is 17.0 Å². The Hall–Kier alpha value is -2.31. The summed E-state index contributed by atoms with van der Waals surface area (Å²) in [6.45, 7) is 3.09. The molecule has 0 radical (unpaired) electrons. The minimum Gasteiger partial charge on any atom is -0.496 e. The van der Waals surface area contributed by atoms with Crippen LogP contribution in [0, 0.1) is 0 Å². The molecule has 0 fully saturated rings. The van der Waals surface area contributed by atoms with Crippen LogP contribution >= 0.6 is 24.0 Å². The Labute approximate surface area is 163 Å². The number of carbonyl (C=O) groups is 1. The number of benzene rings is 2. The maximum absolute atomic E-state index is 12.9. The molecule has 0 atom stereocenters. The molecule has 26 heavy (non-hydrogen) atoms. The fourth-order valence-electron chi connectivity index (χ4n) is 2.66. The van der Waals surface area contributed by atoms with Gasteiger partial charge in [-0.15, -0.1) is 12.4 Å². The number of nitrogens with zero attached hydrogens (tertiary/aromatic N) is 1. The summed E-state index contributed by atoms with van der Waals surface area (Å²) in [5.41, 5.74) is 7.48. The van der Waals surface area contributed by atoms with Crippen LogP contribution in [0.1, 0.15) is 22.8 Å². The van der Waals surface area contributed by atoms with Crippen molar-refractivity contribution in [3.8, 4) is 17.2 Å². The first-order valence-electron chi connectivity index (χ1n) is 7.84. The highest BCUT2D eigenvalue weighted by atomic mass is 35.5. The molecule has 2 aromatic carbocycles. The first-order valence-corrected chi connectivity index (χ1v) is 8.22. The normalized spacial score (nSPS) is 11.7. The topological polar surface area (TPSA) is 74.0 Å². The van der Waals surface area contributed by atoms with E-state index in [1.165, 1.54) is 7.11 Å². The lowest BCUT2D eigenvalue weighted by atomic mass is 10.1. The van der Waals surface area contributed by atoms with Crippen molar-refractivity contribution in [3.63, 3.8) is 0 Å². The van der Waals surface area contributed by atoms with Crippen LogP contribution in [-0.2, 0) is 6.54 Å². The van der Waals surface area contributed by atoms with Crippen molar-refractivity contribution in [3.05, 3.63) is 46.5 Å². The number of carbonyl (C=O) groups excluding carboxylic acids is 1. The standard InChI is InChI=1S/C18H19ClN2O4.ClH/c1-3-21(9-11-4-5-15-17(6-11)25-10-24-15)18(22)12-7-13(19)14(20)8-16(12)23-2;/h4-8H,3,9-10,20H2,1-2H3;1H. The monoisotopic (exact) mass is 398 g/mol. The number of methoxy groups -OCH3 is 1. The highest BCUT2D eigenvalue weighted by Crippen LogP contribution is 2.33. The Morgan fingerprint density at radius 1 is 1.27 bits per heavy atom. The van der Waals surface area contributed by atoms with Crippen molar-refractivity contribution in [2.24, 2.45) is 0 Å². The summed E-state index contributed by atoms with van der Waals surface area (Å²) >= 11 is 6.08. The zero-order valence-corrected chi connectivity index (χ0v) is 16.0. The molecule has 0 saturated carbocycles. The van der Waals surface area contributed by atoms with Gasteiger partial charge in [0.25, 0.3) is 5.91 Å². The fourth-order valence-corrected chi connectivity index (χ4v) is 2.83. The number of nitrogens with two attached hydrogens (primary N) is 1. The van der Waals surface area contributed by atoms with E-state index >= 15 is 0 Å². The van der Waals surface area contributed by atoms with Gasteiger partial charge >= 0.3 is 0 Å². The van der Waals surface area contributed by atoms with Crippen molar-refractivity contribution >= 4 is 35.6 Å². The smallest absolute Gasteiger partial charge is 0.257 e. The Morgan fingerprint density at radius 3 is 2.69 bits per heavy atom. The van der Waals surface area contributed by atoms with E-state index in [1.807, 2.05) is 25.1 Å². The molecule has 140 valence electrons. The molecular formula is C18H20Cl2N2O4. The predicted octanol–water partition coefficient (Wildman–Crippen LogP) is 3.74. The average molecular weight is 399 g/mol. The van der Waals surface area contributed by atoms with Gasteiger partial charge in [-0.05, 0) is 30.7 Å². The van der Waals surface area contributed by atoms with Crippen LogP contribution in [0.15, 0.2) is 30.3 Å². The lowest BCUT2D eigenvalue weighted by Crippen LogP contribution is -2.30. The third kappa shape index (κ3) is 3.92. The van der Waals surface area contributed by atoms with Gasteiger partial charge in [0.05, 0.1) is 23.4 Å². The maximum Gasteiger partial charge on any atom is 0.257 e. The number of hydrogen-bond acceptors (Lipinski definition) is 5. The van der Waals surface area contributed by atoms with Gasteiger partial charge in [0.1, 0.15) is 5.75 Å². The van der Waals surface area contributed by atoms with Crippen LogP contribution in [0.3, 0.4) is 0 Å². The number of halogens is 2. The van der Waals surface area contributed by atoms with Crippen LogP contribution in [0.25, 0.3) is 0 Å². The molecule has 0 aromatic heterocycles. The molecule has 6 nitrogen and oxygen atoms in total. The van der Waals surface area contributed by atoms with E-state index in [9.17, 15) is 4.79 Å². The number of rotatable bonds is 5. The summed E-state index contributed by atoms with van der Waals surface area (Å²) in [6, 6.07) is 8.74. The molecule has 0 bridgehead atoms. The van der Waals surface area contributed by atoms with Crippen LogP contribution in [0.4, 0.5) is 5.69 Å². The van der Waals surface area contributed by atoms with E-state index in [0.717, 1.165) is 5.56 Å². The summed E-state index contributed by atoms with van der Waals surface area (Å²) in [4.78, 5) is 14.6. The van der Waals surface area contributed by atoms with E-state index in [-0.39, 0.29) is 25.1 Å². The van der Waals surface area contributed by atoms with E-state index in [0.29, 0.717) is 46.6 Å². The summed E-state index contributed by atoms with van der Waals surface area (Å²) in [5, 5.41) is 0.322. The number of ether oxygens (including phenoxy) is 3. The molecular weight excluding hydrogens is 379 g/mol. The van der Waals surface area contributed by atoms with Crippen molar-refractivity contribution < 1.29 is 19.0 Å². The first kappa shape index (κ1) is 20.0. The lowest BCUT2D eigenvalue weighted by Gasteiger charge is -2.22. The van der Waals surface area contributed by atoms with Gasteiger partial charge < -0.3 is 24.8 Å². The van der Waals surface area contributed by atoms with Gasteiger partial charge in [0.2, 0.25) is 6.79 Å². The molecule has 3 rings (SSSR count). The van der Waals surface area contributed by atoms with Crippen molar-refractivity contribution in [2.45, 2.75) is 13.5 Å². The Balaban J connectivity index is 0.00000243. The zero-order valence-electron chi connectivity index (χ0n) is 14.5. The van der Waals surface area contributed by atoms with Gasteiger partial charge in [-0.1, -0.05) is 17.7 Å². The summed E-state index contributed by atoms with van der Waals surface area (Å²) in [5.74, 6) is 1.62. The van der Waals surface area contributed by atoms with Gasteiger partial charge in [-0.2, -0.15) is 0 Å². The summed E-state index contributed by atoms with van der Waals surface area (Å²) in [6.07, 6.45) is 0. The van der Waals surface area contributed by atoms with Gasteiger partial charge in [-0.25, -0.2) is 0 Å². The third-order valence-corrected chi connectivity index (χ3v) is 4.36. The van der Waals surface area contributed by atoms with Gasteiger partial charge in [-0.3, -0.25) is 4.79 Å². The molecule has 8 heteroatoms. The van der Waals surface area contributed by atoms with Gasteiger partial charge in [0.15, 0.2) is 11.5 Å². The molecule has 0 spiro atoms. The van der Waals surface area contributed by atoms with Crippen LogP contribution in [0.5, 0.6) is 17.2 Å². The second-order valence-electron chi connectivity index (χ2n) is 5.58. The van der Waals surface area contributed by atoms with Crippen LogP contribution in [-0.4, -0.2) is 31.3 Å². The molecule has 1 amide bonds. The first-order chi connectivity index (χ1) is 12.0. The Bertz CT molecular complexity index is 814.